The van der Waals surface area contributed by atoms with Crippen LogP contribution >= 0.6 is 0 Å². The Bertz CT molecular complexity index is 1410. The van der Waals surface area contributed by atoms with Gasteiger partial charge >= 0.3 is 6.09 Å². The molecule has 222 valence electrons. The summed E-state index contributed by atoms with van der Waals surface area (Å²) in [6.45, 7) is 13.3. The molecule has 0 bridgehead atoms. The molecule has 1 saturated carbocycles. The van der Waals surface area contributed by atoms with E-state index in [0.29, 0.717) is 0 Å². The minimum atomic E-state index is -0.936. The van der Waals surface area contributed by atoms with Crippen molar-refractivity contribution in [1.29, 1.82) is 0 Å². The fourth-order valence-electron chi connectivity index (χ4n) is 5.37. The van der Waals surface area contributed by atoms with Crippen LogP contribution in [0.15, 0.2) is 72.8 Å². The molecule has 7 nitrogen and oxygen atoms in total. The topological polar surface area (TPSA) is 87.7 Å². The van der Waals surface area contributed by atoms with E-state index in [1.54, 1.807) is 25.7 Å². The first-order valence-corrected chi connectivity index (χ1v) is 14.6. The summed E-state index contributed by atoms with van der Waals surface area (Å²) in [4.78, 5) is 43.7. The van der Waals surface area contributed by atoms with Crippen LogP contribution in [0, 0.1) is 26.7 Å². The Morgan fingerprint density at radius 1 is 0.881 bits per heavy atom. The summed E-state index contributed by atoms with van der Waals surface area (Å²) in [5.41, 5.74) is 4.45. The molecule has 7 heteroatoms. The SMILES string of the molecule is Cc1ccccc1C(C(=O)Nc1c(C)cccc1C)N(C(=O)C(Cc1ccccc1)NC(=O)OC(C)(C)C)C1CC1C. The average Bonchev–Trinajstić information content (AvgIpc) is 3.64. The van der Waals surface area contributed by atoms with Gasteiger partial charge in [0.15, 0.2) is 0 Å². The highest BCUT2D eigenvalue weighted by atomic mass is 16.6. The molecule has 4 unspecified atom stereocenters. The monoisotopic (exact) mass is 569 g/mol. The smallest absolute Gasteiger partial charge is 0.408 e. The van der Waals surface area contributed by atoms with Crippen LogP contribution in [0.2, 0.25) is 0 Å². The summed E-state index contributed by atoms with van der Waals surface area (Å²) in [6, 6.07) is 21.1. The molecule has 1 aliphatic rings. The standard InChI is InChI=1S/C35H43N3O4/c1-22-14-11-12-19-27(22)31(32(39)37-30-23(2)15-13-16-24(30)3)38(29-20-25(29)4)33(40)28(21-26-17-9-8-10-18-26)36-34(41)42-35(5,6)7/h8-19,25,28-29,31H,20-21H2,1-7H3,(H,36,41)(H,37,39). The number of anilines is 1. The number of carbonyl (C=O) groups excluding carboxylic acids is 3. The van der Waals surface area contributed by atoms with Crippen LogP contribution in [0.3, 0.4) is 0 Å². The van der Waals surface area contributed by atoms with Crippen molar-refractivity contribution < 1.29 is 19.1 Å². The van der Waals surface area contributed by atoms with Crippen LogP contribution in [0.1, 0.15) is 68.0 Å². The fraction of sp³-hybridized carbons (Fsp3) is 0.400. The van der Waals surface area contributed by atoms with Crippen LogP contribution in [0.25, 0.3) is 0 Å². The number of nitrogens with one attached hydrogen (secondary N) is 2. The molecule has 0 heterocycles. The molecular formula is C35H43N3O4. The normalized spacial score (nSPS) is 17.5. The first-order chi connectivity index (χ1) is 19.9. The summed E-state index contributed by atoms with van der Waals surface area (Å²) in [5, 5.41) is 6.00. The highest BCUT2D eigenvalue weighted by molar-refractivity contribution is 6.00. The zero-order valence-corrected chi connectivity index (χ0v) is 25.7. The predicted octanol–water partition coefficient (Wildman–Crippen LogP) is 6.66. The van der Waals surface area contributed by atoms with Gasteiger partial charge in [-0.1, -0.05) is 79.7 Å². The van der Waals surface area contributed by atoms with Crippen LogP contribution in [-0.4, -0.2) is 40.5 Å². The number of hydrogen-bond donors (Lipinski definition) is 2. The number of ether oxygens (including phenoxy) is 1. The summed E-state index contributed by atoms with van der Waals surface area (Å²) in [5.74, 6) is -0.388. The van der Waals surface area contributed by atoms with Gasteiger partial charge < -0.3 is 20.3 Å². The minimum absolute atomic E-state index is 0.149. The predicted molar refractivity (Wildman–Crippen MR) is 166 cm³/mol. The zero-order valence-electron chi connectivity index (χ0n) is 25.7. The molecule has 42 heavy (non-hydrogen) atoms. The summed E-state index contributed by atoms with van der Waals surface area (Å²) >= 11 is 0. The van der Waals surface area contributed by atoms with E-state index in [4.69, 9.17) is 4.74 Å². The molecule has 2 N–H and O–H groups in total. The van der Waals surface area contributed by atoms with Crippen LogP contribution < -0.4 is 10.6 Å². The molecule has 0 saturated heterocycles. The van der Waals surface area contributed by atoms with Crippen LogP contribution in [0.4, 0.5) is 10.5 Å². The number of para-hydroxylation sites is 1. The Balaban J connectivity index is 1.77. The molecular weight excluding hydrogens is 526 g/mol. The molecule has 0 spiro atoms. The van der Waals surface area contributed by atoms with Gasteiger partial charge in [0.25, 0.3) is 5.91 Å². The number of carbonyl (C=O) groups is 3. The third-order valence-corrected chi connectivity index (χ3v) is 7.69. The van der Waals surface area contributed by atoms with Gasteiger partial charge in [-0.05, 0) is 81.7 Å². The van der Waals surface area contributed by atoms with Crippen molar-refractivity contribution in [3.8, 4) is 0 Å². The number of hydrogen-bond acceptors (Lipinski definition) is 4. The highest BCUT2D eigenvalue weighted by Gasteiger charge is 2.48. The first-order valence-electron chi connectivity index (χ1n) is 14.6. The average molecular weight is 570 g/mol. The molecule has 3 aromatic rings. The van der Waals surface area contributed by atoms with Crippen molar-refractivity contribution in [1.82, 2.24) is 10.2 Å². The summed E-state index contributed by atoms with van der Waals surface area (Å²) in [7, 11) is 0. The van der Waals surface area contributed by atoms with Crippen molar-refractivity contribution in [2.45, 2.75) is 85.0 Å². The van der Waals surface area contributed by atoms with E-state index in [-0.39, 0.29) is 30.2 Å². The van der Waals surface area contributed by atoms with Gasteiger partial charge in [-0.2, -0.15) is 0 Å². The van der Waals surface area contributed by atoms with Gasteiger partial charge in [0.2, 0.25) is 5.91 Å². The zero-order chi connectivity index (χ0) is 30.6. The van der Waals surface area contributed by atoms with Crippen LogP contribution in [0.5, 0.6) is 0 Å². The lowest BCUT2D eigenvalue weighted by Crippen LogP contribution is -2.54. The number of nitrogens with zero attached hydrogens (tertiary/aromatic N) is 1. The number of aryl methyl sites for hydroxylation is 3. The largest absolute Gasteiger partial charge is 0.444 e. The van der Waals surface area contributed by atoms with E-state index in [2.05, 4.69) is 17.6 Å². The lowest BCUT2D eigenvalue weighted by Gasteiger charge is -2.36. The maximum Gasteiger partial charge on any atom is 0.408 e. The Morgan fingerprint density at radius 3 is 2.02 bits per heavy atom. The molecule has 3 amide bonds. The van der Waals surface area contributed by atoms with Gasteiger partial charge in [0, 0.05) is 18.2 Å². The maximum atomic E-state index is 14.7. The highest BCUT2D eigenvalue weighted by Crippen LogP contribution is 2.42. The number of benzene rings is 3. The second-order valence-electron chi connectivity index (χ2n) is 12.4. The molecule has 0 aromatic heterocycles. The van der Waals surface area contributed by atoms with Crippen molar-refractivity contribution in [3.05, 3.63) is 101 Å². The third kappa shape index (κ3) is 7.58. The van der Waals surface area contributed by atoms with Gasteiger partial charge in [-0.3, -0.25) is 9.59 Å². The molecule has 0 radical (unpaired) electrons. The fourth-order valence-corrected chi connectivity index (χ4v) is 5.37. The lowest BCUT2D eigenvalue weighted by molar-refractivity contribution is -0.141. The number of rotatable bonds is 9. The van der Waals surface area contributed by atoms with Gasteiger partial charge in [0.05, 0.1) is 0 Å². The van der Waals surface area contributed by atoms with E-state index >= 15 is 0 Å². The van der Waals surface area contributed by atoms with E-state index in [9.17, 15) is 14.4 Å². The van der Waals surface area contributed by atoms with E-state index in [1.807, 2.05) is 93.6 Å². The van der Waals surface area contributed by atoms with Crippen LogP contribution in [-0.2, 0) is 20.7 Å². The van der Waals surface area contributed by atoms with E-state index in [1.165, 1.54) is 0 Å². The molecule has 1 fully saturated rings. The summed E-state index contributed by atoms with van der Waals surface area (Å²) in [6.07, 6.45) is 0.359. The van der Waals surface area contributed by atoms with Crippen molar-refractivity contribution >= 4 is 23.6 Å². The minimum Gasteiger partial charge on any atom is -0.444 e. The molecule has 4 atom stereocenters. The summed E-state index contributed by atoms with van der Waals surface area (Å²) < 4.78 is 5.55. The van der Waals surface area contributed by atoms with Gasteiger partial charge in [-0.15, -0.1) is 0 Å². The van der Waals surface area contributed by atoms with Crippen molar-refractivity contribution in [2.24, 2.45) is 5.92 Å². The Hall–Kier alpha value is -4.13. The van der Waals surface area contributed by atoms with E-state index in [0.717, 1.165) is 39.9 Å². The Kier molecular flexibility index (Phi) is 9.40. The number of alkyl carbamates (subject to hydrolysis) is 1. The Morgan fingerprint density at radius 2 is 1.45 bits per heavy atom. The van der Waals surface area contributed by atoms with Crippen molar-refractivity contribution in [2.75, 3.05) is 5.32 Å². The first kappa shape index (κ1) is 30.8. The Labute approximate surface area is 249 Å². The second-order valence-corrected chi connectivity index (χ2v) is 12.4. The van der Waals surface area contributed by atoms with E-state index < -0.39 is 23.8 Å². The third-order valence-electron chi connectivity index (χ3n) is 7.69. The lowest BCUT2D eigenvalue weighted by atomic mass is 9.96. The van der Waals surface area contributed by atoms with Gasteiger partial charge in [0.1, 0.15) is 17.7 Å². The van der Waals surface area contributed by atoms with Crippen molar-refractivity contribution in [3.63, 3.8) is 0 Å². The molecule has 3 aromatic carbocycles. The molecule has 0 aliphatic heterocycles. The molecule has 1 aliphatic carbocycles. The maximum absolute atomic E-state index is 14.7. The number of amides is 3. The van der Waals surface area contributed by atoms with Gasteiger partial charge in [-0.25, -0.2) is 4.79 Å². The molecule has 4 rings (SSSR count). The second kappa shape index (κ2) is 12.8. The quantitative estimate of drug-likeness (QED) is 0.302.